The van der Waals surface area contributed by atoms with Crippen molar-refractivity contribution >= 4 is 34.9 Å². The summed E-state index contributed by atoms with van der Waals surface area (Å²) in [6.45, 7) is 9.42. The van der Waals surface area contributed by atoms with Gasteiger partial charge in [-0.3, -0.25) is 14.5 Å². The van der Waals surface area contributed by atoms with Crippen LogP contribution in [0, 0.1) is 5.41 Å². The lowest BCUT2D eigenvalue weighted by Gasteiger charge is -2.44. The summed E-state index contributed by atoms with van der Waals surface area (Å²) >= 11 is 1.42. The fourth-order valence-electron chi connectivity index (χ4n) is 6.36. The molecule has 0 bridgehead atoms. The number of nitrogens with one attached hydrogen (secondary N) is 2. The molecule has 38 heavy (non-hydrogen) atoms. The van der Waals surface area contributed by atoms with Gasteiger partial charge in [-0.1, -0.05) is 30.3 Å². The molecule has 8 nitrogen and oxygen atoms in total. The van der Waals surface area contributed by atoms with Crippen molar-refractivity contribution in [3.8, 4) is 10.4 Å². The minimum atomic E-state index is -0.394. The second-order valence-electron chi connectivity index (χ2n) is 11.4. The molecule has 1 aromatic heterocycles. The number of hydrogen-bond donors (Lipinski definition) is 2. The lowest BCUT2D eigenvalue weighted by atomic mass is 9.74. The number of likely N-dealkylation sites (tertiary alicyclic amines) is 2. The molecule has 3 saturated heterocycles. The van der Waals surface area contributed by atoms with Gasteiger partial charge in [0, 0.05) is 43.5 Å². The number of amides is 3. The second kappa shape index (κ2) is 10.7. The first-order valence-corrected chi connectivity index (χ1v) is 14.5. The summed E-state index contributed by atoms with van der Waals surface area (Å²) in [5.74, 6) is -0.0856. The molecule has 3 aliphatic rings. The van der Waals surface area contributed by atoms with Crippen molar-refractivity contribution in [3.63, 3.8) is 0 Å². The number of esters is 1. The number of carbonyl (C=O) groups excluding carboxylic acids is 3. The third-order valence-electron chi connectivity index (χ3n) is 8.01. The standard InChI is InChI=1S/C29H38N4O4S/c1-4-30-27(36)31-22-17-23(20-9-6-5-7-10-20)38-24(22)25(34)32-15-11-21(12-16-32)33-14-8-13-29(19-33)18-28(2,3)37-26(29)35/h5-7,9-10,17,21H,4,8,11-16,18-19H2,1-3H3,(H2,30,31,36). The summed E-state index contributed by atoms with van der Waals surface area (Å²) < 4.78 is 5.71. The second-order valence-corrected chi connectivity index (χ2v) is 12.5. The zero-order chi connectivity index (χ0) is 26.9. The first-order valence-electron chi connectivity index (χ1n) is 13.7. The van der Waals surface area contributed by atoms with Gasteiger partial charge in [-0.05, 0) is 64.6 Å². The quantitative estimate of drug-likeness (QED) is 0.525. The highest BCUT2D eigenvalue weighted by Gasteiger charge is 2.54. The van der Waals surface area contributed by atoms with E-state index >= 15 is 0 Å². The van der Waals surface area contributed by atoms with Gasteiger partial charge < -0.3 is 20.3 Å². The Kier molecular flexibility index (Phi) is 7.51. The normalized spacial score (nSPS) is 23.9. The number of cyclic esters (lactones) is 1. The van der Waals surface area contributed by atoms with Gasteiger partial charge in [-0.2, -0.15) is 0 Å². The lowest BCUT2D eigenvalue weighted by molar-refractivity contribution is -0.154. The molecule has 2 N–H and O–H groups in total. The first kappa shape index (κ1) is 26.7. The van der Waals surface area contributed by atoms with E-state index in [9.17, 15) is 14.4 Å². The van der Waals surface area contributed by atoms with E-state index in [4.69, 9.17) is 4.74 Å². The van der Waals surface area contributed by atoms with Crippen LogP contribution in [0.5, 0.6) is 0 Å². The number of ether oxygens (including phenoxy) is 1. The van der Waals surface area contributed by atoms with E-state index in [1.165, 1.54) is 11.3 Å². The molecule has 5 rings (SSSR count). The van der Waals surface area contributed by atoms with Crippen LogP contribution in [0.3, 0.4) is 0 Å². The highest BCUT2D eigenvalue weighted by molar-refractivity contribution is 7.18. The molecule has 204 valence electrons. The Bertz CT molecular complexity index is 1190. The Morgan fingerprint density at radius 1 is 1.13 bits per heavy atom. The smallest absolute Gasteiger partial charge is 0.319 e. The lowest BCUT2D eigenvalue weighted by Crippen LogP contribution is -2.53. The average molecular weight is 539 g/mol. The van der Waals surface area contributed by atoms with Crippen LogP contribution in [0.25, 0.3) is 10.4 Å². The number of anilines is 1. The zero-order valence-electron chi connectivity index (χ0n) is 22.5. The Labute approximate surface area is 228 Å². The highest BCUT2D eigenvalue weighted by atomic mass is 32.1. The molecule has 1 aromatic carbocycles. The number of rotatable bonds is 5. The van der Waals surface area contributed by atoms with Crippen molar-refractivity contribution < 1.29 is 19.1 Å². The van der Waals surface area contributed by atoms with Gasteiger partial charge in [0.2, 0.25) is 0 Å². The molecular weight excluding hydrogens is 500 g/mol. The van der Waals surface area contributed by atoms with E-state index in [1.807, 2.05) is 62.1 Å². The third kappa shape index (κ3) is 5.45. The van der Waals surface area contributed by atoms with Crippen molar-refractivity contribution in [2.45, 2.75) is 64.5 Å². The molecule has 9 heteroatoms. The Balaban J connectivity index is 1.27. The maximum Gasteiger partial charge on any atom is 0.319 e. The number of nitrogens with zero attached hydrogens (tertiary/aromatic N) is 2. The summed E-state index contributed by atoms with van der Waals surface area (Å²) in [6.07, 6.45) is 4.41. The molecule has 0 radical (unpaired) electrons. The van der Waals surface area contributed by atoms with Crippen molar-refractivity contribution in [2.75, 3.05) is 38.0 Å². The zero-order valence-corrected chi connectivity index (χ0v) is 23.4. The molecule has 3 fully saturated rings. The van der Waals surface area contributed by atoms with Crippen molar-refractivity contribution in [2.24, 2.45) is 5.41 Å². The predicted octanol–water partition coefficient (Wildman–Crippen LogP) is 4.97. The van der Waals surface area contributed by atoms with E-state index in [0.717, 1.165) is 55.6 Å². The van der Waals surface area contributed by atoms with E-state index < -0.39 is 5.60 Å². The van der Waals surface area contributed by atoms with Crippen LogP contribution in [-0.2, 0) is 9.53 Å². The van der Waals surface area contributed by atoms with Gasteiger partial charge in [0.25, 0.3) is 5.91 Å². The van der Waals surface area contributed by atoms with Gasteiger partial charge >= 0.3 is 12.0 Å². The van der Waals surface area contributed by atoms with Crippen molar-refractivity contribution in [1.82, 2.24) is 15.1 Å². The van der Waals surface area contributed by atoms with Gasteiger partial charge in [-0.15, -0.1) is 11.3 Å². The van der Waals surface area contributed by atoms with Crippen LogP contribution in [0.15, 0.2) is 36.4 Å². The third-order valence-corrected chi connectivity index (χ3v) is 9.18. The van der Waals surface area contributed by atoms with Gasteiger partial charge in [0.05, 0.1) is 11.1 Å². The summed E-state index contributed by atoms with van der Waals surface area (Å²) in [5, 5.41) is 5.63. The SMILES string of the molecule is CCNC(=O)Nc1cc(-c2ccccc2)sc1C(=O)N1CCC(N2CCCC3(C2)CC(C)(C)OC3=O)CC1. The maximum atomic E-state index is 13.7. The molecule has 3 amide bonds. The average Bonchev–Trinajstić information content (AvgIpc) is 3.41. The largest absolute Gasteiger partial charge is 0.459 e. The summed E-state index contributed by atoms with van der Waals surface area (Å²) in [7, 11) is 0. The van der Waals surface area contributed by atoms with Crippen molar-refractivity contribution in [3.05, 3.63) is 41.3 Å². The molecule has 2 aromatic rings. The number of hydrogen-bond acceptors (Lipinski definition) is 6. The van der Waals surface area contributed by atoms with E-state index in [-0.39, 0.29) is 23.3 Å². The van der Waals surface area contributed by atoms with Gasteiger partial charge in [-0.25, -0.2) is 4.79 Å². The Morgan fingerprint density at radius 3 is 2.53 bits per heavy atom. The maximum absolute atomic E-state index is 13.7. The molecule has 1 atom stereocenters. The first-order chi connectivity index (χ1) is 18.2. The molecule has 0 saturated carbocycles. The summed E-state index contributed by atoms with van der Waals surface area (Å²) in [6, 6.07) is 11.8. The predicted molar refractivity (Wildman–Crippen MR) is 149 cm³/mol. The van der Waals surface area contributed by atoms with Crippen LogP contribution in [-0.4, -0.2) is 72.1 Å². The van der Waals surface area contributed by atoms with Gasteiger partial charge in [0.15, 0.2) is 0 Å². The number of benzene rings is 1. The van der Waals surface area contributed by atoms with E-state index in [2.05, 4.69) is 15.5 Å². The fraction of sp³-hybridized carbons (Fsp3) is 0.552. The summed E-state index contributed by atoms with van der Waals surface area (Å²) in [4.78, 5) is 44.7. The van der Waals surface area contributed by atoms with E-state index in [1.54, 1.807) is 0 Å². The highest BCUT2D eigenvalue weighted by Crippen LogP contribution is 2.47. The molecule has 3 aliphatic heterocycles. The van der Waals surface area contributed by atoms with Crippen LogP contribution >= 0.6 is 11.3 Å². The molecule has 0 aliphatic carbocycles. The molecular formula is C29H38N4O4S. The van der Waals surface area contributed by atoms with Crippen molar-refractivity contribution in [1.29, 1.82) is 0 Å². The molecule has 4 heterocycles. The number of thiophene rings is 1. The van der Waals surface area contributed by atoms with Crippen LogP contribution in [0.1, 0.15) is 62.5 Å². The monoisotopic (exact) mass is 538 g/mol. The Hall–Kier alpha value is -2.91. The molecule has 1 spiro atoms. The van der Waals surface area contributed by atoms with Crippen LogP contribution < -0.4 is 10.6 Å². The van der Waals surface area contributed by atoms with Crippen LogP contribution in [0.4, 0.5) is 10.5 Å². The van der Waals surface area contributed by atoms with Crippen LogP contribution in [0.2, 0.25) is 0 Å². The Morgan fingerprint density at radius 2 is 1.87 bits per heavy atom. The number of urea groups is 1. The minimum Gasteiger partial charge on any atom is -0.459 e. The summed E-state index contributed by atoms with van der Waals surface area (Å²) in [5.41, 5.74) is 0.780. The topological polar surface area (TPSA) is 91.0 Å². The minimum absolute atomic E-state index is 0.0427. The van der Waals surface area contributed by atoms with E-state index in [0.29, 0.717) is 36.2 Å². The fourth-order valence-corrected chi connectivity index (χ4v) is 7.45. The molecule has 1 unspecified atom stereocenters. The number of carbonyl (C=O) groups is 3. The number of piperidine rings is 2. The van der Waals surface area contributed by atoms with Gasteiger partial charge in [0.1, 0.15) is 10.5 Å².